The molecule has 0 aliphatic carbocycles. The SMILES string of the molecule is CC(Cc1ccc(C(F)(F)F)cc1)NC(=O)C1CCNCC1.Cl. The Labute approximate surface area is 140 Å². The van der Waals surface area contributed by atoms with E-state index in [9.17, 15) is 18.0 Å². The highest BCUT2D eigenvalue weighted by atomic mass is 35.5. The van der Waals surface area contributed by atoms with Crippen molar-refractivity contribution in [2.75, 3.05) is 13.1 Å². The molecule has 0 spiro atoms. The lowest BCUT2D eigenvalue weighted by Gasteiger charge is -2.24. The lowest BCUT2D eigenvalue weighted by atomic mass is 9.96. The summed E-state index contributed by atoms with van der Waals surface area (Å²) in [6.45, 7) is 3.58. The van der Waals surface area contributed by atoms with E-state index in [1.54, 1.807) is 0 Å². The Bertz CT molecular complexity index is 499. The van der Waals surface area contributed by atoms with E-state index >= 15 is 0 Å². The first kappa shape index (κ1) is 19.8. The minimum atomic E-state index is -4.31. The van der Waals surface area contributed by atoms with Crippen molar-refractivity contribution < 1.29 is 18.0 Å². The molecule has 1 aliphatic heterocycles. The number of hydrogen-bond donors (Lipinski definition) is 2. The fourth-order valence-electron chi connectivity index (χ4n) is 2.68. The summed E-state index contributed by atoms with van der Waals surface area (Å²) in [4.78, 5) is 12.1. The molecule has 0 saturated carbocycles. The fourth-order valence-corrected chi connectivity index (χ4v) is 2.68. The molecule has 1 aromatic rings. The van der Waals surface area contributed by atoms with Gasteiger partial charge >= 0.3 is 6.18 Å². The number of carbonyl (C=O) groups excluding carboxylic acids is 1. The number of halogens is 4. The van der Waals surface area contributed by atoms with Gasteiger partial charge in [0.15, 0.2) is 0 Å². The van der Waals surface area contributed by atoms with E-state index in [0.717, 1.165) is 43.6 Å². The minimum absolute atomic E-state index is 0. The summed E-state index contributed by atoms with van der Waals surface area (Å²) in [5.41, 5.74) is 0.133. The summed E-state index contributed by atoms with van der Waals surface area (Å²) >= 11 is 0. The molecule has 130 valence electrons. The monoisotopic (exact) mass is 350 g/mol. The van der Waals surface area contributed by atoms with E-state index in [1.165, 1.54) is 12.1 Å². The zero-order valence-corrected chi connectivity index (χ0v) is 13.8. The van der Waals surface area contributed by atoms with Gasteiger partial charge < -0.3 is 10.6 Å². The van der Waals surface area contributed by atoms with Crippen molar-refractivity contribution >= 4 is 18.3 Å². The lowest BCUT2D eigenvalue weighted by Crippen LogP contribution is -2.42. The van der Waals surface area contributed by atoms with Crippen LogP contribution in [-0.4, -0.2) is 25.0 Å². The molecular weight excluding hydrogens is 329 g/mol. The molecule has 2 N–H and O–H groups in total. The Morgan fingerprint density at radius 1 is 1.26 bits per heavy atom. The van der Waals surface area contributed by atoms with Crippen LogP contribution in [0.3, 0.4) is 0 Å². The summed E-state index contributed by atoms with van der Waals surface area (Å²) in [5, 5.41) is 6.16. The Morgan fingerprint density at radius 2 is 1.83 bits per heavy atom. The number of rotatable bonds is 4. The van der Waals surface area contributed by atoms with Crippen LogP contribution < -0.4 is 10.6 Å². The summed E-state index contributed by atoms with van der Waals surface area (Å²) < 4.78 is 37.5. The number of nitrogens with one attached hydrogen (secondary N) is 2. The van der Waals surface area contributed by atoms with Crippen LogP contribution in [0, 0.1) is 5.92 Å². The first-order valence-corrected chi connectivity index (χ1v) is 7.53. The van der Waals surface area contributed by atoms with Gasteiger partial charge in [0, 0.05) is 12.0 Å². The average molecular weight is 351 g/mol. The molecule has 1 saturated heterocycles. The summed E-state index contributed by atoms with van der Waals surface area (Å²) in [5.74, 6) is 0.0808. The van der Waals surface area contributed by atoms with Crippen molar-refractivity contribution in [1.29, 1.82) is 0 Å². The minimum Gasteiger partial charge on any atom is -0.353 e. The first-order chi connectivity index (χ1) is 10.4. The maximum atomic E-state index is 12.5. The Kier molecular flexibility index (Phi) is 7.35. The molecule has 23 heavy (non-hydrogen) atoms. The van der Waals surface area contributed by atoms with Gasteiger partial charge in [-0.3, -0.25) is 4.79 Å². The van der Waals surface area contributed by atoms with Crippen molar-refractivity contribution in [3.05, 3.63) is 35.4 Å². The third-order valence-electron chi connectivity index (χ3n) is 3.92. The highest BCUT2D eigenvalue weighted by Gasteiger charge is 2.30. The molecule has 1 amide bonds. The largest absolute Gasteiger partial charge is 0.416 e. The topological polar surface area (TPSA) is 41.1 Å². The van der Waals surface area contributed by atoms with E-state index in [4.69, 9.17) is 0 Å². The van der Waals surface area contributed by atoms with Gasteiger partial charge in [0.2, 0.25) is 5.91 Å². The van der Waals surface area contributed by atoms with Crippen LogP contribution in [0.1, 0.15) is 30.9 Å². The molecule has 1 atom stereocenters. The predicted molar refractivity (Wildman–Crippen MR) is 85.6 cm³/mol. The summed E-state index contributed by atoms with van der Waals surface area (Å²) in [7, 11) is 0. The van der Waals surface area contributed by atoms with E-state index in [-0.39, 0.29) is 30.3 Å². The predicted octanol–water partition coefficient (Wildman–Crippen LogP) is 3.17. The number of carbonyl (C=O) groups is 1. The average Bonchev–Trinajstić information content (AvgIpc) is 2.47. The highest BCUT2D eigenvalue weighted by molar-refractivity contribution is 5.85. The smallest absolute Gasteiger partial charge is 0.353 e. The van der Waals surface area contributed by atoms with Crippen LogP contribution in [-0.2, 0) is 17.4 Å². The third-order valence-corrected chi connectivity index (χ3v) is 3.92. The van der Waals surface area contributed by atoms with Crippen molar-refractivity contribution in [2.45, 2.75) is 38.4 Å². The Morgan fingerprint density at radius 3 is 2.35 bits per heavy atom. The number of hydrogen-bond acceptors (Lipinski definition) is 2. The lowest BCUT2D eigenvalue weighted by molar-refractivity contribution is -0.137. The van der Waals surface area contributed by atoms with E-state index in [2.05, 4.69) is 10.6 Å². The molecule has 3 nitrogen and oxygen atoms in total. The Balaban J connectivity index is 0.00000264. The molecule has 1 aromatic carbocycles. The number of benzene rings is 1. The Hall–Kier alpha value is -1.27. The third kappa shape index (κ3) is 6.03. The molecule has 7 heteroatoms. The van der Waals surface area contributed by atoms with Gasteiger partial charge in [-0.1, -0.05) is 12.1 Å². The summed E-state index contributed by atoms with van der Waals surface area (Å²) in [6.07, 6.45) is -2.13. The van der Waals surface area contributed by atoms with Crippen LogP contribution in [0.25, 0.3) is 0 Å². The van der Waals surface area contributed by atoms with Crippen molar-refractivity contribution in [1.82, 2.24) is 10.6 Å². The van der Waals surface area contributed by atoms with E-state index in [0.29, 0.717) is 6.42 Å². The second-order valence-corrected chi connectivity index (χ2v) is 5.83. The van der Waals surface area contributed by atoms with Crippen LogP contribution >= 0.6 is 12.4 Å². The molecule has 1 aliphatic rings. The molecule has 0 bridgehead atoms. The molecular formula is C16H22ClF3N2O. The van der Waals surface area contributed by atoms with Gasteiger partial charge in [0.1, 0.15) is 0 Å². The van der Waals surface area contributed by atoms with Crippen LogP contribution in [0.5, 0.6) is 0 Å². The van der Waals surface area contributed by atoms with Crippen LogP contribution in [0.2, 0.25) is 0 Å². The van der Waals surface area contributed by atoms with Crippen LogP contribution in [0.15, 0.2) is 24.3 Å². The summed E-state index contributed by atoms with van der Waals surface area (Å²) in [6, 6.07) is 5.00. The molecule has 0 aromatic heterocycles. The van der Waals surface area contributed by atoms with Gasteiger partial charge in [0.25, 0.3) is 0 Å². The van der Waals surface area contributed by atoms with Crippen molar-refractivity contribution in [3.8, 4) is 0 Å². The first-order valence-electron chi connectivity index (χ1n) is 7.53. The highest BCUT2D eigenvalue weighted by Crippen LogP contribution is 2.29. The van der Waals surface area contributed by atoms with Gasteiger partial charge in [-0.2, -0.15) is 13.2 Å². The zero-order chi connectivity index (χ0) is 16.2. The fraction of sp³-hybridized carbons (Fsp3) is 0.562. The standard InChI is InChI=1S/C16H21F3N2O.ClH/c1-11(21-15(22)13-6-8-20-9-7-13)10-12-2-4-14(5-3-12)16(17,18)19;/h2-5,11,13,20H,6-10H2,1H3,(H,21,22);1H. The zero-order valence-electron chi connectivity index (χ0n) is 13.0. The molecule has 1 fully saturated rings. The number of piperidine rings is 1. The normalized spacial score (nSPS) is 17.2. The molecule has 1 unspecified atom stereocenters. The second-order valence-electron chi connectivity index (χ2n) is 5.83. The maximum absolute atomic E-state index is 12.5. The van der Waals surface area contributed by atoms with Gasteiger partial charge in [-0.25, -0.2) is 0 Å². The quantitative estimate of drug-likeness (QED) is 0.875. The number of amides is 1. The van der Waals surface area contributed by atoms with Crippen molar-refractivity contribution in [2.24, 2.45) is 5.92 Å². The second kappa shape index (κ2) is 8.55. The van der Waals surface area contributed by atoms with Gasteiger partial charge in [-0.05, 0) is 57.0 Å². The van der Waals surface area contributed by atoms with Crippen molar-refractivity contribution in [3.63, 3.8) is 0 Å². The van der Waals surface area contributed by atoms with Gasteiger partial charge in [-0.15, -0.1) is 12.4 Å². The molecule has 1 heterocycles. The molecule has 0 radical (unpaired) electrons. The number of alkyl halides is 3. The van der Waals surface area contributed by atoms with Gasteiger partial charge in [0.05, 0.1) is 5.56 Å². The van der Waals surface area contributed by atoms with E-state index < -0.39 is 11.7 Å². The van der Waals surface area contributed by atoms with E-state index in [1.807, 2.05) is 6.92 Å². The molecule has 2 rings (SSSR count). The van der Waals surface area contributed by atoms with Crippen LogP contribution in [0.4, 0.5) is 13.2 Å². The maximum Gasteiger partial charge on any atom is 0.416 e.